The Hall–Kier alpha value is -1.41. The molecule has 2 aromatic rings. The van der Waals surface area contributed by atoms with Crippen LogP contribution >= 0.6 is 27.3 Å². The van der Waals surface area contributed by atoms with E-state index < -0.39 is 5.60 Å². The second-order valence-electron chi connectivity index (χ2n) is 6.19. The third-order valence-corrected chi connectivity index (χ3v) is 4.96. The molecule has 0 unspecified atom stereocenters. The zero-order valence-electron chi connectivity index (χ0n) is 12.5. The molecule has 22 heavy (non-hydrogen) atoms. The first-order valence-electron chi connectivity index (χ1n) is 6.93. The van der Waals surface area contributed by atoms with Crippen LogP contribution in [0.2, 0.25) is 0 Å². The molecule has 0 aromatic carbocycles. The van der Waals surface area contributed by atoms with Crippen molar-refractivity contribution in [2.24, 2.45) is 0 Å². The number of amides is 1. The summed E-state index contributed by atoms with van der Waals surface area (Å²) in [5.74, 6) is 0.514. The average Bonchev–Trinajstić information content (AvgIpc) is 2.66. The fourth-order valence-electron chi connectivity index (χ4n) is 2.30. The van der Waals surface area contributed by atoms with E-state index in [-0.39, 0.29) is 17.7 Å². The number of thiophene rings is 1. The maximum Gasteiger partial charge on any atom is 0.410 e. The van der Waals surface area contributed by atoms with Gasteiger partial charge in [-0.15, -0.1) is 11.3 Å². The van der Waals surface area contributed by atoms with Crippen molar-refractivity contribution in [2.75, 3.05) is 6.54 Å². The molecule has 1 aliphatic heterocycles. The van der Waals surface area contributed by atoms with E-state index in [1.807, 2.05) is 26.8 Å². The number of carbonyl (C=O) groups excluding carboxylic acids is 1. The van der Waals surface area contributed by atoms with E-state index in [0.29, 0.717) is 22.6 Å². The number of likely N-dealkylation sites (tertiary alicyclic amines) is 1. The van der Waals surface area contributed by atoms with Crippen molar-refractivity contribution in [3.8, 4) is 0 Å². The van der Waals surface area contributed by atoms with Crippen LogP contribution in [-0.4, -0.2) is 33.1 Å². The van der Waals surface area contributed by atoms with Crippen molar-refractivity contribution in [1.29, 1.82) is 0 Å². The van der Waals surface area contributed by atoms with Gasteiger partial charge in [0.2, 0.25) is 0 Å². The third-order valence-electron chi connectivity index (χ3n) is 3.33. The molecular weight excluding hydrogens is 370 g/mol. The first-order chi connectivity index (χ1) is 10.2. The van der Waals surface area contributed by atoms with Crippen LogP contribution in [0.4, 0.5) is 4.79 Å². The largest absolute Gasteiger partial charge is 0.444 e. The van der Waals surface area contributed by atoms with Gasteiger partial charge in [-0.1, -0.05) is 0 Å². The molecule has 8 heteroatoms. The minimum Gasteiger partial charge on any atom is -0.444 e. The van der Waals surface area contributed by atoms with E-state index in [9.17, 15) is 9.59 Å². The number of ether oxygens (including phenoxy) is 1. The molecule has 2 aromatic heterocycles. The molecule has 6 nitrogen and oxygen atoms in total. The van der Waals surface area contributed by atoms with E-state index in [4.69, 9.17) is 4.74 Å². The van der Waals surface area contributed by atoms with Gasteiger partial charge in [0.25, 0.3) is 5.56 Å². The molecule has 3 heterocycles. The van der Waals surface area contributed by atoms with Gasteiger partial charge in [-0.25, -0.2) is 9.78 Å². The van der Waals surface area contributed by atoms with Gasteiger partial charge < -0.3 is 9.72 Å². The maximum absolute atomic E-state index is 12.2. The van der Waals surface area contributed by atoms with Crippen LogP contribution in [0.5, 0.6) is 0 Å². The summed E-state index contributed by atoms with van der Waals surface area (Å²) in [4.78, 5) is 33.1. The second-order valence-corrected chi connectivity index (χ2v) is 8.63. The standard InChI is InChI=1S/C14H16BrN3O3S/c1-14(2,3)21-13(20)18-5-4-8(18)11-16-7-6-9(15)22-10(7)12(19)17-11/h6,8H,4-5H2,1-3H3,(H,16,17,19)/t8-/m0/s1. The topological polar surface area (TPSA) is 75.3 Å². The number of nitrogens with one attached hydrogen (secondary N) is 1. The van der Waals surface area contributed by atoms with E-state index >= 15 is 0 Å². The normalized spacial score (nSPS) is 18.4. The number of rotatable bonds is 1. The molecule has 3 rings (SSSR count). The van der Waals surface area contributed by atoms with Crippen molar-refractivity contribution >= 4 is 43.6 Å². The molecule has 1 fully saturated rings. The molecule has 1 aliphatic rings. The zero-order chi connectivity index (χ0) is 16.1. The monoisotopic (exact) mass is 385 g/mol. The number of hydrogen-bond acceptors (Lipinski definition) is 5. The number of hydrogen-bond donors (Lipinski definition) is 1. The number of carbonyl (C=O) groups is 1. The van der Waals surface area contributed by atoms with Crippen LogP contribution in [-0.2, 0) is 4.74 Å². The Morgan fingerprint density at radius 3 is 2.86 bits per heavy atom. The summed E-state index contributed by atoms with van der Waals surface area (Å²) in [5.41, 5.74) is -0.0707. The highest BCUT2D eigenvalue weighted by Crippen LogP contribution is 2.33. The quantitative estimate of drug-likeness (QED) is 0.815. The molecule has 0 radical (unpaired) electrons. The number of aromatic nitrogens is 2. The lowest BCUT2D eigenvalue weighted by molar-refractivity contribution is -0.00737. The lowest BCUT2D eigenvalue weighted by Crippen LogP contribution is -2.48. The Morgan fingerprint density at radius 2 is 2.27 bits per heavy atom. The van der Waals surface area contributed by atoms with Gasteiger partial charge in [-0.3, -0.25) is 9.69 Å². The van der Waals surface area contributed by atoms with Crippen LogP contribution in [0.1, 0.15) is 39.1 Å². The summed E-state index contributed by atoms with van der Waals surface area (Å²) in [6, 6.07) is 1.58. The van der Waals surface area contributed by atoms with Crippen LogP contribution in [0.3, 0.4) is 0 Å². The van der Waals surface area contributed by atoms with Crippen molar-refractivity contribution in [1.82, 2.24) is 14.9 Å². The van der Waals surface area contributed by atoms with E-state index in [1.54, 1.807) is 4.90 Å². The van der Waals surface area contributed by atoms with Gasteiger partial charge in [0.05, 0.1) is 15.3 Å². The molecule has 0 aliphatic carbocycles. The van der Waals surface area contributed by atoms with Crippen LogP contribution in [0.25, 0.3) is 10.2 Å². The number of H-pyrrole nitrogens is 1. The Bertz CT molecular complexity index is 793. The maximum atomic E-state index is 12.2. The number of fused-ring (bicyclic) bond motifs is 1. The summed E-state index contributed by atoms with van der Waals surface area (Å²) in [6.07, 6.45) is 0.386. The van der Waals surface area contributed by atoms with E-state index in [0.717, 1.165) is 10.2 Å². The first-order valence-corrected chi connectivity index (χ1v) is 8.54. The van der Waals surface area contributed by atoms with Crippen molar-refractivity contribution in [3.63, 3.8) is 0 Å². The minimum absolute atomic E-state index is 0.174. The van der Waals surface area contributed by atoms with Gasteiger partial charge in [-0.2, -0.15) is 0 Å². The highest BCUT2D eigenvalue weighted by molar-refractivity contribution is 9.11. The van der Waals surface area contributed by atoms with Crippen molar-refractivity contribution in [3.05, 3.63) is 26.0 Å². The van der Waals surface area contributed by atoms with Gasteiger partial charge in [-0.05, 0) is 49.2 Å². The molecule has 1 amide bonds. The van der Waals surface area contributed by atoms with E-state index in [1.165, 1.54) is 11.3 Å². The number of halogens is 1. The molecule has 0 saturated carbocycles. The molecule has 118 valence electrons. The average molecular weight is 386 g/mol. The highest BCUT2D eigenvalue weighted by Gasteiger charge is 2.38. The smallest absolute Gasteiger partial charge is 0.410 e. The number of aromatic amines is 1. The highest BCUT2D eigenvalue weighted by atomic mass is 79.9. The molecule has 1 atom stereocenters. The molecule has 0 bridgehead atoms. The summed E-state index contributed by atoms with van der Waals surface area (Å²) < 4.78 is 6.82. The fraction of sp³-hybridized carbons (Fsp3) is 0.500. The third kappa shape index (κ3) is 2.89. The Labute approximate surface area is 139 Å². The molecular formula is C14H16BrN3O3S. The summed E-state index contributed by atoms with van der Waals surface area (Å²) >= 11 is 4.71. The Balaban J connectivity index is 1.88. The predicted octanol–water partition coefficient (Wildman–Crippen LogP) is 3.43. The SMILES string of the molecule is CC(C)(C)OC(=O)N1CC[C@H]1c1nc2cc(Br)sc2c(=O)[nH]1. The van der Waals surface area contributed by atoms with Crippen LogP contribution in [0.15, 0.2) is 14.6 Å². The fourth-order valence-corrected chi connectivity index (χ4v) is 3.72. The molecule has 1 saturated heterocycles. The van der Waals surface area contributed by atoms with Crippen LogP contribution in [0, 0.1) is 0 Å². The van der Waals surface area contributed by atoms with Crippen molar-refractivity contribution < 1.29 is 9.53 Å². The summed E-state index contributed by atoms with van der Waals surface area (Å²) in [7, 11) is 0. The predicted molar refractivity (Wildman–Crippen MR) is 88.2 cm³/mol. The Kier molecular flexibility index (Phi) is 3.76. The second kappa shape index (κ2) is 5.34. The molecule has 1 N–H and O–H groups in total. The Morgan fingerprint density at radius 1 is 1.55 bits per heavy atom. The van der Waals surface area contributed by atoms with Crippen LogP contribution < -0.4 is 5.56 Å². The van der Waals surface area contributed by atoms with Gasteiger partial charge in [0.15, 0.2) is 0 Å². The number of nitrogens with zero attached hydrogens (tertiary/aromatic N) is 2. The summed E-state index contributed by atoms with van der Waals surface area (Å²) in [6.45, 7) is 6.09. The van der Waals surface area contributed by atoms with Gasteiger partial charge >= 0.3 is 6.09 Å². The first kappa shape index (κ1) is 15.5. The van der Waals surface area contributed by atoms with Crippen molar-refractivity contribution in [2.45, 2.75) is 38.8 Å². The summed E-state index contributed by atoms with van der Waals surface area (Å²) in [5, 5.41) is 0. The van der Waals surface area contributed by atoms with Gasteiger partial charge in [0.1, 0.15) is 16.1 Å². The minimum atomic E-state index is -0.541. The zero-order valence-corrected chi connectivity index (χ0v) is 14.9. The lowest BCUT2D eigenvalue weighted by Gasteiger charge is -2.40. The molecule has 0 spiro atoms. The van der Waals surface area contributed by atoms with E-state index in [2.05, 4.69) is 25.9 Å². The van der Waals surface area contributed by atoms with Gasteiger partial charge in [0, 0.05) is 6.54 Å². The lowest BCUT2D eigenvalue weighted by atomic mass is 10.0.